The lowest BCUT2D eigenvalue weighted by atomic mass is 10.2. The van der Waals surface area contributed by atoms with Crippen molar-refractivity contribution < 1.29 is 19.1 Å². The van der Waals surface area contributed by atoms with Crippen LogP contribution in [0.4, 0.5) is 5.82 Å². The maximum absolute atomic E-state index is 12.0. The number of ether oxygens (including phenoxy) is 1. The number of carbonyl (C=O) groups excluding carboxylic acids is 3. The third-order valence-corrected chi connectivity index (χ3v) is 5.24. The van der Waals surface area contributed by atoms with Crippen molar-refractivity contribution in [2.24, 2.45) is 0 Å². The number of hydrogen-bond acceptors (Lipinski definition) is 6. The van der Waals surface area contributed by atoms with Crippen LogP contribution in [0.2, 0.25) is 0 Å². The van der Waals surface area contributed by atoms with Gasteiger partial charge >= 0.3 is 5.97 Å². The number of Topliss-reactive ketones (excluding diaryl/α,β-unsaturated/α-hetero) is 1. The Kier molecular flexibility index (Phi) is 6.17. The molecule has 0 aliphatic heterocycles. The average molecular weight is 375 g/mol. The second-order valence-electron chi connectivity index (χ2n) is 6.21. The van der Waals surface area contributed by atoms with E-state index in [2.05, 4.69) is 10.4 Å². The summed E-state index contributed by atoms with van der Waals surface area (Å²) in [5.41, 5.74) is 0. The minimum absolute atomic E-state index is 0.0377. The summed E-state index contributed by atoms with van der Waals surface area (Å²) in [7, 11) is 0. The van der Waals surface area contributed by atoms with Gasteiger partial charge in [0.05, 0.1) is 23.5 Å². The summed E-state index contributed by atoms with van der Waals surface area (Å²) in [5.74, 6) is -0.454. The van der Waals surface area contributed by atoms with Gasteiger partial charge in [-0.05, 0) is 24.3 Å². The van der Waals surface area contributed by atoms with Crippen LogP contribution < -0.4 is 5.32 Å². The Morgan fingerprint density at radius 3 is 2.77 bits per heavy atom. The standard InChI is InChI=1S/C18H21N3O4S/c22-14(15-6-3-11-26-15)7-8-18(24)25-12-17(23)20-16-9-10-19-21(16)13-4-1-2-5-13/h3,6,9-11,13H,1-2,4-5,7-8,12H2,(H,20,23). The molecule has 0 saturated heterocycles. The number of anilines is 1. The highest BCUT2D eigenvalue weighted by molar-refractivity contribution is 7.12. The van der Waals surface area contributed by atoms with E-state index in [4.69, 9.17) is 4.74 Å². The molecule has 1 aliphatic carbocycles. The maximum Gasteiger partial charge on any atom is 0.306 e. The number of ketones is 1. The van der Waals surface area contributed by atoms with Gasteiger partial charge in [-0.3, -0.25) is 14.4 Å². The zero-order valence-corrected chi connectivity index (χ0v) is 15.2. The molecule has 0 radical (unpaired) electrons. The Morgan fingerprint density at radius 2 is 2.04 bits per heavy atom. The zero-order chi connectivity index (χ0) is 18.4. The number of hydrogen-bond donors (Lipinski definition) is 1. The van der Waals surface area contributed by atoms with E-state index in [0.717, 1.165) is 12.8 Å². The summed E-state index contributed by atoms with van der Waals surface area (Å²) >= 11 is 1.34. The molecule has 0 atom stereocenters. The minimum atomic E-state index is -0.561. The van der Waals surface area contributed by atoms with Crippen molar-refractivity contribution in [3.05, 3.63) is 34.7 Å². The van der Waals surface area contributed by atoms with Crippen LogP contribution in [0, 0.1) is 0 Å². The molecule has 1 amide bonds. The number of aromatic nitrogens is 2. The van der Waals surface area contributed by atoms with Crippen LogP contribution in [-0.2, 0) is 14.3 Å². The van der Waals surface area contributed by atoms with Crippen LogP contribution in [0.5, 0.6) is 0 Å². The largest absolute Gasteiger partial charge is 0.456 e. The fourth-order valence-electron chi connectivity index (χ4n) is 3.03. The number of thiophene rings is 1. The Bertz CT molecular complexity index is 763. The number of nitrogens with one attached hydrogen (secondary N) is 1. The van der Waals surface area contributed by atoms with E-state index in [-0.39, 0.29) is 25.2 Å². The molecule has 2 heterocycles. The first kappa shape index (κ1) is 18.3. The Morgan fingerprint density at radius 1 is 1.23 bits per heavy atom. The van der Waals surface area contributed by atoms with Crippen LogP contribution in [-0.4, -0.2) is 34.0 Å². The van der Waals surface area contributed by atoms with Crippen LogP contribution in [0.25, 0.3) is 0 Å². The van der Waals surface area contributed by atoms with E-state index in [1.165, 1.54) is 24.2 Å². The number of nitrogens with zero attached hydrogens (tertiary/aromatic N) is 2. The molecule has 1 N–H and O–H groups in total. The van der Waals surface area contributed by atoms with Crippen molar-refractivity contribution in [2.45, 2.75) is 44.6 Å². The van der Waals surface area contributed by atoms with Crippen molar-refractivity contribution in [1.29, 1.82) is 0 Å². The average Bonchev–Trinajstić information content (AvgIpc) is 3.39. The first-order valence-corrected chi connectivity index (χ1v) is 9.57. The second-order valence-corrected chi connectivity index (χ2v) is 7.16. The molecule has 0 unspecified atom stereocenters. The second kappa shape index (κ2) is 8.75. The zero-order valence-electron chi connectivity index (χ0n) is 14.3. The molecule has 7 nitrogen and oxygen atoms in total. The van der Waals surface area contributed by atoms with Gasteiger partial charge in [0.25, 0.3) is 5.91 Å². The fourth-order valence-corrected chi connectivity index (χ4v) is 3.72. The van der Waals surface area contributed by atoms with Gasteiger partial charge in [-0.1, -0.05) is 18.9 Å². The third kappa shape index (κ3) is 4.78. The first-order chi connectivity index (χ1) is 12.6. The van der Waals surface area contributed by atoms with Gasteiger partial charge in [0, 0.05) is 12.5 Å². The van der Waals surface area contributed by atoms with Crippen LogP contribution in [0.15, 0.2) is 29.8 Å². The van der Waals surface area contributed by atoms with Crippen molar-refractivity contribution in [3.63, 3.8) is 0 Å². The number of amides is 1. The third-order valence-electron chi connectivity index (χ3n) is 4.32. The molecule has 26 heavy (non-hydrogen) atoms. The summed E-state index contributed by atoms with van der Waals surface area (Å²) in [6.07, 6.45) is 6.13. The molecule has 2 aromatic rings. The normalized spacial score (nSPS) is 14.3. The molecular formula is C18H21N3O4S. The van der Waals surface area contributed by atoms with E-state index in [1.54, 1.807) is 24.4 Å². The molecule has 2 aromatic heterocycles. The highest BCUT2D eigenvalue weighted by atomic mass is 32.1. The van der Waals surface area contributed by atoms with Crippen LogP contribution in [0.1, 0.15) is 54.2 Å². The van der Waals surface area contributed by atoms with E-state index >= 15 is 0 Å². The highest BCUT2D eigenvalue weighted by Gasteiger charge is 2.20. The summed E-state index contributed by atoms with van der Waals surface area (Å²) < 4.78 is 6.78. The molecule has 3 rings (SSSR count). The summed E-state index contributed by atoms with van der Waals surface area (Å²) in [6, 6.07) is 5.56. The minimum Gasteiger partial charge on any atom is -0.456 e. The van der Waals surface area contributed by atoms with Gasteiger partial charge in [0.15, 0.2) is 12.4 Å². The van der Waals surface area contributed by atoms with Crippen molar-refractivity contribution >= 4 is 34.8 Å². The number of esters is 1. The lowest BCUT2D eigenvalue weighted by Crippen LogP contribution is -2.23. The summed E-state index contributed by atoms with van der Waals surface area (Å²) in [5, 5.41) is 8.82. The lowest BCUT2D eigenvalue weighted by Gasteiger charge is -2.14. The molecule has 8 heteroatoms. The van der Waals surface area contributed by atoms with Crippen molar-refractivity contribution in [2.75, 3.05) is 11.9 Å². The maximum atomic E-state index is 12.0. The van der Waals surface area contributed by atoms with Gasteiger partial charge in [-0.25, -0.2) is 4.68 Å². The molecule has 0 aromatic carbocycles. The molecular weight excluding hydrogens is 354 g/mol. The quantitative estimate of drug-likeness (QED) is 0.565. The molecule has 138 valence electrons. The van der Waals surface area contributed by atoms with E-state index in [0.29, 0.717) is 16.7 Å². The highest BCUT2D eigenvalue weighted by Crippen LogP contribution is 2.31. The van der Waals surface area contributed by atoms with Gasteiger partial charge in [0.1, 0.15) is 5.82 Å². The molecule has 1 aliphatic rings. The number of carbonyl (C=O) groups is 3. The Labute approximate surface area is 155 Å². The Balaban J connectivity index is 1.40. The Hall–Kier alpha value is -2.48. The summed E-state index contributed by atoms with van der Waals surface area (Å²) in [6.45, 7) is -0.373. The molecule has 0 spiro atoms. The predicted molar refractivity (Wildman–Crippen MR) is 97.2 cm³/mol. The van der Waals surface area contributed by atoms with Gasteiger partial charge in [-0.2, -0.15) is 5.10 Å². The topological polar surface area (TPSA) is 90.3 Å². The van der Waals surface area contributed by atoms with Gasteiger partial charge < -0.3 is 10.1 Å². The van der Waals surface area contributed by atoms with E-state index in [1.807, 2.05) is 10.1 Å². The molecule has 1 fully saturated rings. The number of rotatable bonds is 8. The predicted octanol–water partition coefficient (Wildman–Crippen LogP) is 3.20. The molecule has 1 saturated carbocycles. The van der Waals surface area contributed by atoms with Crippen molar-refractivity contribution in [3.8, 4) is 0 Å². The van der Waals surface area contributed by atoms with E-state index in [9.17, 15) is 14.4 Å². The smallest absolute Gasteiger partial charge is 0.306 e. The fraction of sp³-hybridized carbons (Fsp3) is 0.444. The monoisotopic (exact) mass is 375 g/mol. The first-order valence-electron chi connectivity index (χ1n) is 8.69. The molecule has 0 bridgehead atoms. The van der Waals surface area contributed by atoms with Crippen molar-refractivity contribution in [1.82, 2.24) is 9.78 Å². The van der Waals surface area contributed by atoms with Crippen LogP contribution >= 0.6 is 11.3 Å². The summed E-state index contributed by atoms with van der Waals surface area (Å²) in [4.78, 5) is 36.2. The van der Waals surface area contributed by atoms with Gasteiger partial charge in [-0.15, -0.1) is 11.3 Å². The lowest BCUT2D eigenvalue weighted by molar-refractivity contribution is -0.147. The van der Waals surface area contributed by atoms with Gasteiger partial charge in [0.2, 0.25) is 0 Å². The SMILES string of the molecule is O=C(COC(=O)CCC(=O)c1cccs1)Nc1ccnn1C1CCCC1. The van der Waals surface area contributed by atoms with Crippen LogP contribution in [0.3, 0.4) is 0 Å². The van der Waals surface area contributed by atoms with E-state index < -0.39 is 11.9 Å².